The number of rotatable bonds is 5. The highest BCUT2D eigenvalue weighted by atomic mass is 35.5. The van der Waals surface area contributed by atoms with Gasteiger partial charge in [0, 0.05) is 57.8 Å². The number of nitrogens with one attached hydrogen (secondary N) is 1. The van der Waals surface area contributed by atoms with Crippen LogP contribution in [-0.2, 0) is 17.6 Å². The summed E-state index contributed by atoms with van der Waals surface area (Å²) in [7, 11) is 1.58. The van der Waals surface area contributed by atoms with Gasteiger partial charge in [-0.15, -0.1) is 0 Å². The average Bonchev–Trinajstić information content (AvgIpc) is 3.37. The fraction of sp³-hybridized carbons (Fsp3) is 0.258. The number of carbonyl (C=O) groups excluding carboxylic acids is 3. The van der Waals surface area contributed by atoms with Crippen LogP contribution in [0.1, 0.15) is 45.8 Å². The second-order valence-electron chi connectivity index (χ2n) is 11.0. The van der Waals surface area contributed by atoms with Crippen LogP contribution in [0.15, 0.2) is 48.8 Å². The van der Waals surface area contributed by atoms with Gasteiger partial charge in [0.1, 0.15) is 11.3 Å². The van der Waals surface area contributed by atoms with Crippen molar-refractivity contribution in [3.8, 4) is 33.8 Å². The second-order valence-corrected chi connectivity index (χ2v) is 11.9. The number of pyridine rings is 1. The lowest BCUT2D eigenvalue weighted by molar-refractivity contribution is -0.133. The fourth-order valence-corrected chi connectivity index (χ4v) is 6.31. The number of nitrogens with two attached hydrogens (primary N) is 1. The zero-order valence-corrected chi connectivity index (χ0v) is 25.2. The van der Waals surface area contributed by atoms with Crippen molar-refractivity contribution in [2.75, 3.05) is 20.2 Å². The van der Waals surface area contributed by atoms with E-state index >= 15 is 0 Å². The molecule has 3 N–H and O–H groups in total. The maximum absolute atomic E-state index is 14.2. The summed E-state index contributed by atoms with van der Waals surface area (Å²) >= 11 is 12.8. The largest absolute Gasteiger partial charge is 0.496 e. The molecule has 2 aromatic heterocycles. The first-order valence-electron chi connectivity index (χ1n) is 13.6. The number of aryl methyl sites for hydroxylation is 1. The molecule has 6 rings (SSSR count). The number of fused-ring (bicyclic) bond motifs is 3. The summed E-state index contributed by atoms with van der Waals surface area (Å²) in [5, 5.41) is 8.52. The Hall–Kier alpha value is -4.41. The monoisotopic (exact) mass is 618 g/mol. The van der Waals surface area contributed by atoms with Crippen LogP contribution in [-0.4, -0.2) is 63.1 Å². The Labute approximate surface area is 257 Å². The SMILES string of the molecule is COc1cc2c(cc1-c1cncc(C(N)=O)c1)-c1c(c(C(=O)N3CCNC(=O)C3(C)C)nn1-c1cc(Cl)cc(Cl)c1)CC2. The quantitative estimate of drug-likeness (QED) is 0.339. The van der Waals surface area contributed by atoms with Crippen molar-refractivity contribution in [2.24, 2.45) is 5.73 Å². The van der Waals surface area contributed by atoms with Crippen LogP contribution in [0.2, 0.25) is 10.0 Å². The predicted molar refractivity (Wildman–Crippen MR) is 163 cm³/mol. The van der Waals surface area contributed by atoms with Gasteiger partial charge in [0.2, 0.25) is 11.8 Å². The summed E-state index contributed by atoms with van der Waals surface area (Å²) in [4.78, 5) is 44.6. The van der Waals surface area contributed by atoms with E-state index in [1.807, 2.05) is 12.1 Å². The van der Waals surface area contributed by atoms with Crippen molar-refractivity contribution >= 4 is 40.9 Å². The zero-order chi connectivity index (χ0) is 30.6. The first kappa shape index (κ1) is 28.7. The molecular weight excluding hydrogens is 591 g/mol. The molecule has 0 saturated carbocycles. The summed E-state index contributed by atoms with van der Waals surface area (Å²) in [6, 6.07) is 10.6. The van der Waals surface area contributed by atoms with Crippen molar-refractivity contribution in [1.82, 2.24) is 25.0 Å². The normalized spacial score (nSPS) is 15.4. The molecule has 12 heteroatoms. The molecule has 2 aliphatic rings. The van der Waals surface area contributed by atoms with Gasteiger partial charge in [-0.1, -0.05) is 23.2 Å². The third-order valence-corrected chi connectivity index (χ3v) is 8.47. The Morgan fingerprint density at radius 2 is 1.77 bits per heavy atom. The van der Waals surface area contributed by atoms with E-state index < -0.39 is 11.4 Å². The molecule has 3 heterocycles. The maximum atomic E-state index is 14.2. The van der Waals surface area contributed by atoms with Gasteiger partial charge in [0.05, 0.1) is 24.1 Å². The van der Waals surface area contributed by atoms with E-state index in [4.69, 9.17) is 38.8 Å². The van der Waals surface area contributed by atoms with Crippen LogP contribution in [0.3, 0.4) is 0 Å². The second kappa shape index (κ2) is 10.7. The number of nitrogens with zero attached hydrogens (tertiary/aromatic N) is 4. The van der Waals surface area contributed by atoms with E-state index in [-0.39, 0.29) is 23.1 Å². The average molecular weight is 620 g/mol. The predicted octanol–water partition coefficient (Wildman–Crippen LogP) is 4.46. The van der Waals surface area contributed by atoms with Gasteiger partial charge >= 0.3 is 0 Å². The minimum Gasteiger partial charge on any atom is -0.496 e. The minimum absolute atomic E-state index is 0.226. The van der Waals surface area contributed by atoms with Crippen LogP contribution in [0.4, 0.5) is 0 Å². The number of primary amides is 1. The van der Waals surface area contributed by atoms with Crippen molar-refractivity contribution in [3.63, 3.8) is 0 Å². The summed E-state index contributed by atoms with van der Waals surface area (Å²) in [5.74, 6) is -0.559. The van der Waals surface area contributed by atoms with Gasteiger partial charge in [-0.2, -0.15) is 5.10 Å². The van der Waals surface area contributed by atoms with Crippen LogP contribution in [0, 0.1) is 0 Å². The minimum atomic E-state index is -1.06. The molecule has 4 aromatic rings. The maximum Gasteiger partial charge on any atom is 0.275 e. The number of amides is 3. The first-order valence-corrected chi connectivity index (χ1v) is 14.4. The van der Waals surface area contributed by atoms with Crippen LogP contribution >= 0.6 is 23.2 Å². The summed E-state index contributed by atoms with van der Waals surface area (Å²) in [6.07, 6.45) is 4.18. The van der Waals surface area contributed by atoms with Gasteiger partial charge in [0.15, 0.2) is 5.69 Å². The standard InChI is InChI=1S/C31H28Cl2N6O4/c1-31(2)30(42)36-6-7-38(31)29(41)26-22-5-4-16-9-25(43-3)23(17-8-18(28(34)40)15-35-14-17)13-24(16)27(22)39(37-26)21-11-19(32)10-20(33)12-21/h8-15H,4-7H2,1-3H3,(H2,34,40)(H,36,42). The third-order valence-electron chi connectivity index (χ3n) is 8.03. The van der Waals surface area contributed by atoms with Crippen molar-refractivity contribution in [3.05, 3.63) is 81.2 Å². The van der Waals surface area contributed by atoms with Crippen LogP contribution < -0.4 is 15.8 Å². The third kappa shape index (κ3) is 4.90. The number of piperazine rings is 1. The van der Waals surface area contributed by atoms with Gasteiger partial charge in [-0.25, -0.2) is 4.68 Å². The highest BCUT2D eigenvalue weighted by molar-refractivity contribution is 6.34. The Bertz CT molecular complexity index is 1810. The molecule has 0 unspecified atom stereocenters. The molecule has 10 nitrogen and oxygen atoms in total. The van der Waals surface area contributed by atoms with E-state index in [1.54, 1.807) is 61.0 Å². The molecule has 3 amide bonds. The number of carbonyl (C=O) groups is 3. The number of hydrogen-bond donors (Lipinski definition) is 2. The number of aromatic nitrogens is 3. The van der Waals surface area contributed by atoms with Gasteiger partial charge in [-0.05, 0) is 68.7 Å². The molecule has 1 aliphatic heterocycles. The fourth-order valence-electron chi connectivity index (χ4n) is 5.79. The summed E-state index contributed by atoms with van der Waals surface area (Å²) in [5.41, 5.74) is 10.1. The number of ether oxygens (including phenoxy) is 1. The van der Waals surface area contributed by atoms with Gasteiger partial charge in [-0.3, -0.25) is 19.4 Å². The smallest absolute Gasteiger partial charge is 0.275 e. The Balaban J connectivity index is 1.59. The first-order chi connectivity index (χ1) is 20.5. The van der Waals surface area contributed by atoms with E-state index in [0.29, 0.717) is 64.2 Å². The van der Waals surface area contributed by atoms with E-state index in [1.165, 1.54) is 6.20 Å². The van der Waals surface area contributed by atoms with Crippen LogP contribution in [0.25, 0.3) is 28.1 Å². The summed E-state index contributed by atoms with van der Waals surface area (Å²) < 4.78 is 7.44. The molecule has 1 aliphatic carbocycles. The molecule has 0 spiro atoms. The van der Waals surface area contributed by atoms with Crippen molar-refractivity contribution in [1.29, 1.82) is 0 Å². The Morgan fingerprint density at radius 3 is 2.47 bits per heavy atom. The van der Waals surface area contributed by atoms with E-state index in [0.717, 1.165) is 16.7 Å². The molecule has 0 bridgehead atoms. The van der Waals surface area contributed by atoms with E-state index in [2.05, 4.69) is 10.3 Å². The molecule has 1 saturated heterocycles. The Kier molecular flexibility index (Phi) is 7.14. The van der Waals surface area contributed by atoms with Crippen molar-refractivity contribution in [2.45, 2.75) is 32.2 Å². The Morgan fingerprint density at radius 1 is 1.02 bits per heavy atom. The lowest BCUT2D eigenvalue weighted by Gasteiger charge is -2.40. The zero-order valence-electron chi connectivity index (χ0n) is 23.7. The van der Waals surface area contributed by atoms with E-state index in [9.17, 15) is 14.4 Å². The molecule has 43 heavy (non-hydrogen) atoms. The lowest BCUT2D eigenvalue weighted by atomic mass is 9.85. The molecular formula is C31H28Cl2N6O4. The number of hydrogen-bond acceptors (Lipinski definition) is 6. The molecule has 0 atom stereocenters. The molecule has 2 aromatic carbocycles. The number of halogens is 2. The van der Waals surface area contributed by atoms with Gasteiger partial charge in [0.25, 0.3) is 5.91 Å². The number of methoxy groups -OCH3 is 1. The highest BCUT2D eigenvalue weighted by Crippen LogP contribution is 2.43. The topological polar surface area (TPSA) is 132 Å². The molecule has 220 valence electrons. The molecule has 1 fully saturated rings. The van der Waals surface area contributed by atoms with Crippen LogP contribution in [0.5, 0.6) is 5.75 Å². The lowest BCUT2D eigenvalue weighted by Crippen LogP contribution is -2.63. The van der Waals surface area contributed by atoms with Crippen molar-refractivity contribution < 1.29 is 19.1 Å². The number of benzene rings is 2. The highest BCUT2D eigenvalue weighted by Gasteiger charge is 2.43. The summed E-state index contributed by atoms with van der Waals surface area (Å²) in [6.45, 7) is 4.15. The van der Waals surface area contributed by atoms with Gasteiger partial charge < -0.3 is 20.7 Å². The molecule has 0 radical (unpaired) electrons.